The van der Waals surface area contributed by atoms with Gasteiger partial charge in [-0.3, -0.25) is 0 Å². The molecule has 15 heavy (non-hydrogen) atoms. The lowest BCUT2D eigenvalue weighted by Crippen LogP contribution is -2.09. The fourth-order valence-electron chi connectivity index (χ4n) is 2.32. The van der Waals surface area contributed by atoms with Crippen molar-refractivity contribution in [2.45, 2.75) is 13.0 Å². The molecule has 78 valence electrons. The van der Waals surface area contributed by atoms with Gasteiger partial charge in [-0.05, 0) is 18.2 Å². The quantitative estimate of drug-likeness (QED) is 0.802. The fraction of sp³-hybridized carbons (Fsp3) is 0.333. The molecule has 2 aromatic rings. The monoisotopic (exact) mass is 202 g/mol. The maximum Gasteiger partial charge on any atom is 0.124 e. The number of hydrogen-bond donors (Lipinski definition) is 1. The van der Waals surface area contributed by atoms with Crippen molar-refractivity contribution in [3.63, 3.8) is 0 Å². The first-order valence-electron chi connectivity index (χ1n) is 5.34. The Balaban J connectivity index is 2.26. The zero-order valence-electron chi connectivity index (χ0n) is 8.57. The van der Waals surface area contributed by atoms with Gasteiger partial charge in [0.15, 0.2) is 0 Å². The van der Waals surface area contributed by atoms with Crippen LogP contribution in [0.25, 0.3) is 10.9 Å². The molecule has 3 nitrogen and oxygen atoms in total. The molecule has 0 unspecified atom stereocenters. The Hall–Kier alpha value is -1.48. The molecule has 3 heteroatoms. The first kappa shape index (κ1) is 8.80. The van der Waals surface area contributed by atoms with Crippen LogP contribution in [0.5, 0.6) is 5.75 Å². The number of ether oxygens (including phenoxy) is 1. The van der Waals surface area contributed by atoms with E-state index < -0.39 is 0 Å². The van der Waals surface area contributed by atoms with Gasteiger partial charge < -0.3 is 15.0 Å². The van der Waals surface area contributed by atoms with Crippen molar-refractivity contribution in [3.8, 4) is 5.75 Å². The molecule has 0 aliphatic carbocycles. The van der Waals surface area contributed by atoms with Crippen LogP contribution in [0.3, 0.4) is 0 Å². The molecule has 2 N–H and O–H groups in total. The highest BCUT2D eigenvalue weighted by Gasteiger charge is 2.17. The molecule has 1 aliphatic rings. The van der Waals surface area contributed by atoms with E-state index >= 15 is 0 Å². The summed E-state index contributed by atoms with van der Waals surface area (Å²) in [5.41, 5.74) is 8.24. The van der Waals surface area contributed by atoms with Gasteiger partial charge in [0, 0.05) is 36.7 Å². The molecule has 0 atom stereocenters. The average molecular weight is 202 g/mol. The van der Waals surface area contributed by atoms with Gasteiger partial charge in [-0.25, -0.2) is 0 Å². The molecule has 0 fully saturated rings. The number of fused-ring (bicyclic) bond motifs is 3. The van der Waals surface area contributed by atoms with Crippen LogP contribution in [0.15, 0.2) is 24.4 Å². The summed E-state index contributed by atoms with van der Waals surface area (Å²) in [7, 11) is 0. The Morgan fingerprint density at radius 2 is 2.27 bits per heavy atom. The van der Waals surface area contributed by atoms with E-state index in [0.29, 0.717) is 6.54 Å². The highest BCUT2D eigenvalue weighted by molar-refractivity contribution is 5.86. The van der Waals surface area contributed by atoms with E-state index in [9.17, 15) is 0 Å². The predicted octanol–water partition coefficient (Wildman–Crippen LogP) is 1.53. The number of benzene rings is 1. The van der Waals surface area contributed by atoms with Crippen LogP contribution in [0.4, 0.5) is 0 Å². The lowest BCUT2D eigenvalue weighted by molar-refractivity contribution is 0.357. The molecular weight excluding hydrogens is 188 g/mol. The van der Waals surface area contributed by atoms with Gasteiger partial charge in [0.05, 0.1) is 12.1 Å². The van der Waals surface area contributed by atoms with Crippen molar-refractivity contribution >= 4 is 10.9 Å². The summed E-state index contributed by atoms with van der Waals surface area (Å²) in [6.45, 7) is 2.36. The van der Waals surface area contributed by atoms with Crippen LogP contribution >= 0.6 is 0 Å². The number of hydrogen-bond acceptors (Lipinski definition) is 2. The number of nitrogens with zero attached hydrogens (tertiary/aromatic N) is 1. The first-order chi connectivity index (χ1) is 7.40. The smallest absolute Gasteiger partial charge is 0.124 e. The topological polar surface area (TPSA) is 40.2 Å². The third kappa shape index (κ3) is 1.23. The van der Waals surface area contributed by atoms with E-state index in [-0.39, 0.29) is 0 Å². The molecule has 0 saturated carbocycles. The van der Waals surface area contributed by atoms with Crippen molar-refractivity contribution < 1.29 is 4.74 Å². The summed E-state index contributed by atoms with van der Waals surface area (Å²) in [5, 5.41) is 1.28. The normalized spacial score (nSPS) is 14.2. The van der Waals surface area contributed by atoms with Crippen molar-refractivity contribution in [3.05, 3.63) is 30.0 Å². The molecule has 0 saturated heterocycles. The predicted molar refractivity (Wildman–Crippen MR) is 60.2 cm³/mol. The molecule has 2 heterocycles. The summed E-state index contributed by atoms with van der Waals surface area (Å²) in [4.78, 5) is 0. The van der Waals surface area contributed by atoms with E-state index in [0.717, 1.165) is 25.3 Å². The molecule has 0 spiro atoms. The summed E-state index contributed by atoms with van der Waals surface area (Å²) < 4.78 is 7.79. The molecule has 0 bridgehead atoms. The second-order valence-electron chi connectivity index (χ2n) is 3.88. The molecule has 0 amide bonds. The summed E-state index contributed by atoms with van der Waals surface area (Å²) in [5.74, 6) is 1.04. The Kier molecular flexibility index (Phi) is 1.92. The average Bonchev–Trinajstić information content (AvgIpc) is 2.83. The number of nitrogens with two attached hydrogens (primary N) is 1. The van der Waals surface area contributed by atoms with Gasteiger partial charge in [0.2, 0.25) is 0 Å². The largest absolute Gasteiger partial charge is 0.493 e. The van der Waals surface area contributed by atoms with Gasteiger partial charge in [-0.1, -0.05) is 0 Å². The van der Waals surface area contributed by atoms with Gasteiger partial charge in [-0.2, -0.15) is 0 Å². The zero-order valence-corrected chi connectivity index (χ0v) is 8.57. The van der Waals surface area contributed by atoms with Crippen molar-refractivity contribution in [1.29, 1.82) is 0 Å². The SMILES string of the molecule is NCCn1ccc2ccc3c(c21)CCO3. The van der Waals surface area contributed by atoms with Gasteiger partial charge in [-0.15, -0.1) is 0 Å². The second kappa shape index (κ2) is 3.28. The minimum absolute atomic E-state index is 0.675. The first-order valence-corrected chi connectivity index (χ1v) is 5.34. The van der Waals surface area contributed by atoms with Gasteiger partial charge in [0.25, 0.3) is 0 Å². The van der Waals surface area contributed by atoms with E-state index in [2.05, 4.69) is 29.0 Å². The molecule has 1 aromatic carbocycles. The third-order valence-corrected chi connectivity index (χ3v) is 2.97. The zero-order chi connectivity index (χ0) is 10.3. The lowest BCUT2D eigenvalue weighted by atomic mass is 10.1. The second-order valence-corrected chi connectivity index (χ2v) is 3.88. The Morgan fingerprint density at radius 1 is 1.33 bits per heavy atom. The Bertz CT molecular complexity index is 502. The van der Waals surface area contributed by atoms with E-state index in [1.165, 1.54) is 16.5 Å². The van der Waals surface area contributed by atoms with Crippen LogP contribution < -0.4 is 10.5 Å². The Morgan fingerprint density at radius 3 is 3.13 bits per heavy atom. The number of rotatable bonds is 2. The van der Waals surface area contributed by atoms with E-state index in [4.69, 9.17) is 10.5 Å². The van der Waals surface area contributed by atoms with E-state index in [1.54, 1.807) is 0 Å². The van der Waals surface area contributed by atoms with Crippen LogP contribution in [0.2, 0.25) is 0 Å². The van der Waals surface area contributed by atoms with Crippen molar-refractivity contribution in [1.82, 2.24) is 4.57 Å². The summed E-state index contributed by atoms with van der Waals surface area (Å²) >= 11 is 0. The van der Waals surface area contributed by atoms with Crippen LogP contribution in [0, 0.1) is 0 Å². The van der Waals surface area contributed by atoms with Gasteiger partial charge in [0.1, 0.15) is 5.75 Å². The van der Waals surface area contributed by atoms with Crippen LogP contribution in [-0.4, -0.2) is 17.7 Å². The summed E-state index contributed by atoms with van der Waals surface area (Å²) in [6, 6.07) is 6.33. The molecular formula is C12H14N2O. The lowest BCUT2D eigenvalue weighted by Gasteiger charge is -2.06. The molecule has 0 radical (unpaired) electrons. The summed E-state index contributed by atoms with van der Waals surface area (Å²) in [6.07, 6.45) is 3.12. The standard InChI is InChI=1S/C12H14N2O/c13-5-7-14-6-3-9-1-2-11-10(12(9)14)4-8-15-11/h1-3,6H,4-5,7-8,13H2. The van der Waals surface area contributed by atoms with Gasteiger partial charge >= 0.3 is 0 Å². The maximum absolute atomic E-state index is 5.60. The minimum Gasteiger partial charge on any atom is -0.493 e. The molecule has 1 aliphatic heterocycles. The van der Waals surface area contributed by atoms with Crippen LogP contribution in [-0.2, 0) is 13.0 Å². The van der Waals surface area contributed by atoms with E-state index in [1.807, 2.05) is 0 Å². The fourth-order valence-corrected chi connectivity index (χ4v) is 2.32. The van der Waals surface area contributed by atoms with Crippen molar-refractivity contribution in [2.24, 2.45) is 5.73 Å². The highest BCUT2D eigenvalue weighted by atomic mass is 16.5. The van der Waals surface area contributed by atoms with Crippen LogP contribution in [0.1, 0.15) is 5.56 Å². The minimum atomic E-state index is 0.675. The maximum atomic E-state index is 5.60. The molecule has 3 rings (SSSR count). The highest BCUT2D eigenvalue weighted by Crippen LogP contribution is 2.32. The van der Waals surface area contributed by atoms with Crippen molar-refractivity contribution in [2.75, 3.05) is 13.2 Å². The molecule has 1 aromatic heterocycles. The Labute approximate surface area is 88.4 Å². The third-order valence-electron chi connectivity index (χ3n) is 2.97. The number of aromatic nitrogens is 1.